The zero-order valence-corrected chi connectivity index (χ0v) is 9.53. The molecule has 0 atom stereocenters. The van der Waals surface area contributed by atoms with Crippen LogP contribution in [0.2, 0.25) is 5.15 Å². The summed E-state index contributed by atoms with van der Waals surface area (Å²) in [5.41, 5.74) is 0. The van der Waals surface area contributed by atoms with Crippen LogP contribution in [0.25, 0.3) is 0 Å². The summed E-state index contributed by atoms with van der Waals surface area (Å²) in [5.74, 6) is 0. The van der Waals surface area contributed by atoms with Crippen molar-refractivity contribution < 1.29 is 0 Å². The van der Waals surface area contributed by atoms with Crippen molar-refractivity contribution in [1.82, 2.24) is 20.4 Å². The van der Waals surface area contributed by atoms with Gasteiger partial charge in [0.1, 0.15) is 10.0 Å². The molecule has 2 rings (SSSR count). The average Bonchev–Trinajstić information content (AvgIpc) is 2.56. The van der Waals surface area contributed by atoms with Gasteiger partial charge in [-0.05, 0) is 30.8 Å². The van der Waals surface area contributed by atoms with Crippen LogP contribution >= 0.6 is 34.7 Å². The highest BCUT2D eigenvalue weighted by Crippen LogP contribution is 2.28. The highest BCUT2D eigenvalue weighted by atomic mass is 35.5. The lowest BCUT2D eigenvalue weighted by molar-refractivity contribution is 0.924. The highest BCUT2D eigenvalue weighted by Gasteiger charge is 2.04. The van der Waals surface area contributed by atoms with E-state index in [0.29, 0.717) is 5.15 Å². The van der Waals surface area contributed by atoms with Gasteiger partial charge in [-0.15, -0.1) is 20.4 Å². The topological polar surface area (TPSA) is 51.6 Å². The van der Waals surface area contributed by atoms with Crippen LogP contribution in [0.15, 0.2) is 21.5 Å². The smallest absolute Gasteiger partial charge is 0.143 e. The average molecular weight is 245 g/mol. The Morgan fingerprint density at radius 2 is 2.07 bits per heavy atom. The molecular formula is C7H5ClN4S2. The van der Waals surface area contributed by atoms with E-state index in [0.717, 1.165) is 14.4 Å². The Labute approximate surface area is 93.7 Å². The molecule has 0 amide bonds. The van der Waals surface area contributed by atoms with Gasteiger partial charge in [-0.25, -0.2) is 0 Å². The second-order valence-corrected chi connectivity index (χ2v) is 5.22. The Hall–Kier alpha value is -0.720. The summed E-state index contributed by atoms with van der Waals surface area (Å²) < 4.78 is 0.860. The molecule has 0 saturated carbocycles. The first-order chi connectivity index (χ1) is 6.74. The molecular weight excluding hydrogens is 240 g/mol. The largest absolute Gasteiger partial charge is 0.180 e. The summed E-state index contributed by atoms with van der Waals surface area (Å²) in [6.07, 6.45) is 0. The van der Waals surface area contributed by atoms with Crippen LogP contribution < -0.4 is 0 Å². The van der Waals surface area contributed by atoms with Crippen LogP contribution in [0.1, 0.15) is 5.01 Å². The number of halogens is 1. The van der Waals surface area contributed by atoms with Gasteiger partial charge in [0, 0.05) is 0 Å². The molecule has 72 valence electrons. The molecule has 14 heavy (non-hydrogen) atoms. The van der Waals surface area contributed by atoms with Gasteiger partial charge in [-0.3, -0.25) is 0 Å². The van der Waals surface area contributed by atoms with Gasteiger partial charge < -0.3 is 0 Å². The van der Waals surface area contributed by atoms with Crippen molar-refractivity contribution >= 4 is 34.7 Å². The van der Waals surface area contributed by atoms with Crippen molar-refractivity contribution in [2.24, 2.45) is 0 Å². The molecule has 7 heteroatoms. The van der Waals surface area contributed by atoms with Crippen LogP contribution in [-0.2, 0) is 0 Å². The fraction of sp³-hybridized carbons (Fsp3) is 0.143. The molecule has 0 aliphatic rings. The van der Waals surface area contributed by atoms with Gasteiger partial charge in [0.15, 0.2) is 9.49 Å². The van der Waals surface area contributed by atoms with Crippen molar-refractivity contribution in [3.8, 4) is 0 Å². The van der Waals surface area contributed by atoms with Crippen molar-refractivity contribution in [3.05, 3.63) is 22.3 Å². The number of nitrogens with zero attached hydrogens (tertiary/aromatic N) is 4. The van der Waals surface area contributed by atoms with Gasteiger partial charge in [0.2, 0.25) is 0 Å². The SMILES string of the molecule is Cc1nnc(Sc2ccc(Cl)nn2)s1. The molecule has 4 nitrogen and oxygen atoms in total. The molecule has 2 heterocycles. The summed E-state index contributed by atoms with van der Waals surface area (Å²) in [6.45, 7) is 1.91. The molecule has 0 aliphatic heterocycles. The first-order valence-corrected chi connectivity index (χ1v) is 5.72. The van der Waals surface area contributed by atoms with Crippen LogP contribution in [0.5, 0.6) is 0 Å². The Morgan fingerprint density at radius 1 is 1.21 bits per heavy atom. The third kappa shape index (κ3) is 2.40. The lowest BCUT2D eigenvalue weighted by Gasteiger charge is -1.93. The molecule has 0 radical (unpaired) electrons. The van der Waals surface area contributed by atoms with Crippen LogP contribution in [0.3, 0.4) is 0 Å². The molecule has 0 unspecified atom stereocenters. The molecule has 0 saturated heterocycles. The van der Waals surface area contributed by atoms with Crippen molar-refractivity contribution in [1.29, 1.82) is 0 Å². The zero-order valence-electron chi connectivity index (χ0n) is 7.14. The quantitative estimate of drug-likeness (QED) is 0.812. The fourth-order valence-corrected chi connectivity index (χ4v) is 2.55. The van der Waals surface area contributed by atoms with E-state index in [4.69, 9.17) is 11.6 Å². The number of hydrogen-bond donors (Lipinski definition) is 0. The van der Waals surface area contributed by atoms with Crippen molar-refractivity contribution in [2.45, 2.75) is 16.3 Å². The number of aryl methyl sites for hydroxylation is 1. The second kappa shape index (κ2) is 4.20. The van der Waals surface area contributed by atoms with Gasteiger partial charge in [-0.2, -0.15) is 0 Å². The van der Waals surface area contributed by atoms with Crippen molar-refractivity contribution in [3.63, 3.8) is 0 Å². The normalized spacial score (nSPS) is 10.4. The highest BCUT2D eigenvalue weighted by molar-refractivity contribution is 8.01. The van der Waals surface area contributed by atoms with Crippen molar-refractivity contribution in [2.75, 3.05) is 0 Å². The minimum absolute atomic E-state index is 0.391. The minimum atomic E-state index is 0.391. The van der Waals surface area contributed by atoms with E-state index in [-0.39, 0.29) is 0 Å². The van der Waals surface area contributed by atoms with E-state index in [9.17, 15) is 0 Å². The fourth-order valence-electron chi connectivity index (χ4n) is 0.767. The predicted octanol–water partition coefficient (Wildman–Crippen LogP) is 2.44. The first-order valence-electron chi connectivity index (χ1n) is 3.71. The minimum Gasteiger partial charge on any atom is -0.143 e. The van der Waals surface area contributed by atoms with E-state index < -0.39 is 0 Å². The molecule has 0 fully saturated rings. The molecule has 0 aliphatic carbocycles. The Balaban J connectivity index is 2.15. The van der Waals surface area contributed by atoms with Crippen LogP contribution in [0, 0.1) is 6.92 Å². The molecule has 2 aromatic rings. The lowest BCUT2D eigenvalue weighted by Crippen LogP contribution is -1.84. The second-order valence-electron chi connectivity index (χ2n) is 2.38. The van der Waals surface area contributed by atoms with Gasteiger partial charge in [-0.1, -0.05) is 22.9 Å². The molecule has 0 N–H and O–H groups in total. The standard InChI is InChI=1S/C7H5ClN4S2/c1-4-9-12-7(13-4)14-6-3-2-5(8)10-11-6/h2-3H,1H3. The summed E-state index contributed by atoms with van der Waals surface area (Å²) in [6, 6.07) is 3.50. The van der Waals surface area contributed by atoms with E-state index in [1.165, 1.54) is 23.1 Å². The molecule has 0 bridgehead atoms. The number of rotatable bonds is 2. The van der Waals surface area contributed by atoms with Gasteiger partial charge in [0.05, 0.1) is 0 Å². The van der Waals surface area contributed by atoms with E-state index >= 15 is 0 Å². The third-order valence-corrected chi connectivity index (χ3v) is 3.32. The number of hydrogen-bond acceptors (Lipinski definition) is 6. The molecule has 0 spiro atoms. The molecule has 0 aromatic carbocycles. The van der Waals surface area contributed by atoms with Gasteiger partial charge >= 0.3 is 0 Å². The number of aromatic nitrogens is 4. The maximum absolute atomic E-state index is 5.61. The lowest BCUT2D eigenvalue weighted by atomic mass is 10.6. The van der Waals surface area contributed by atoms with Crippen LogP contribution in [-0.4, -0.2) is 20.4 Å². The van der Waals surface area contributed by atoms with E-state index in [1.807, 2.05) is 6.92 Å². The Morgan fingerprint density at radius 3 is 2.64 bits per heavy atom. The Kier molecular flexibility index (Phi) is 2.95. The summed E-state index contributed by atoms with van der Waals surface area (Å²) >= 11 is 8.57. The third-order valence-electron chi connectivity index (χ3n) is 1.31. The first kappa shape index (κ1) is 9.82. The predicted molar refractivity (Wildman–Crippen MR) is 55.8 cm³/mol. The molecule has 2 aromatic heterocycles. The summed E-state index contributed by atoms with van der Waals surface area (Å²) in [7, 11) is 0. The maximum atomic E-state index is 5.61. The summed E-state index contributed by atoms with van der Waals surface area (Å²) in [5, 5.41) is 17.6. The van der Waals surface area contributed by atoms with Crippen LogP contribution in [0.4, 0.5) is 0 Å². The Bertz CT molecular complexity index is 428. The van der Waals surface area contributed by atoms with E-state index in [2.05, 4.69) is 20.4 Å². The zero-order chi connectivity index (χ0) is 9.97. The summed E-state index contributed by atoms with van der Waals surface area (Å²) in [4.78, 5) is 0. The monoisotopic (exact) mass is 244 g/mol. The van der Waals surface area contributed by atoms with Gasteiger partial charge in [0.25, 0.3) is 0 Å². The maximum Gasteiger partial charge on any atom is 0.180 e. The van der Waals surface area contributed by atoms with E-state index in [1.54, 1.807) is 12.1 Å².